The Morgan fingerprint density at radius 1 is 1.06 bits per heavy atom. The van der Waals surface area contributed by atoms with Gasteiger partial charge in [-0.3, -0.25) is 4.79 Å². The average Bonchev–Trinajstić information content (AvgIpc) is 3.55. The van der Waals surface area contributed by atoms with Crippen LogP contribution in [-0.4, -0.2) is 47.9 Å². The van der Waals surface area contributed by atoms with Gasteiger partial charge in [-0.25, -0.2) is 0 Å². The summed E-state index contributed by atoms with van der Waals surface area (Å²) in [6.07, 6.45) is 8.14. The van der Waals surface area contributed by atoms with Crippen LogP contribution < -0.4 is 16.0 Å². The maximum Gasteiger partial charge on any atom is 0.227 e. The summed E-state index contributed by atoms with van der Waals surface area (Å²) in [5.74, 6) is 3.51. The first-order valence-corrected chi connectivity index (χ1v) is 13.0. The molecule has 2 saturated heterocycles. The van der Waals surface area contributed by atoms with Crippen LogP contribution in [-0.2, 0) is 9.53 Å². The maximum atomic E-state index is 12.1. The molecule has 0 radical (unpaired) electrons. The second-order valence-electron chi connectivity index (χ2n) is 10.7. The largest absolute Gasteiger partial charge is 0.381 e. The number of nitrogens with zero attached hydrogens (tertiary/aromatic N) is 2. The Kier molecular flexibility index (Phi) is 6.22. The fourth-order valence-electron chi connectivity index (χ4n) is 6.17. The molecule has 7 nitrogen and oxygen atoms in total. The number of hydrogen-bond acceptors (Lipinski definition) is 6. The van der Waals surface area contributed by atoms with Crippen LogP contribution in [0.4, 0.5) is 11.5 Å². The van der Waals surface area contributed by atoms with Gasteiger partial charge in [0, 0.05) is 42.5 Å². The third-order valence-electron chi connectivity index (χ3n) is 8.23. The van der Waals surface area contributed by atoms with Gasteiger partial charge < -0.3 is 20.7 Å². The van der Waals surface area contributed by atoms with Gasteiger partial charge in [0.1, 0.15) is 5.82 Å². The number of fused-ring (bicyclic) bond motifs is 1. The van der Waals surface area contributed by atoms with Gasteiger partial charge in [0.05, 0.1) is 5.69 Å². The van der Waals surface area contributed by atoms with Gasteiger partial charge in [-0.05, 0) is 93.5 Å². The van der Waals surface area contributed by atoms with Gasteiger partial charge in [0.25, 0.3) is 0 Å². The van der Waals surface area contributed by atoms with Crippen LogP contribution in [0.25, 0.3) is 11.3 Å². The molecule has 1 amide bonds. The summed E-state index contributed by atoms with van der Waals surface area (Å²) in [5.41, 5.74) is 2.60. The quantitative estimate of drug-likeness (QED) is 0.576. The molecule has 7 heteroatoms. The molecule has 1 aromatic carbocycles. The molecule has 4 atom stereocenters. The van der Waals surface area contributed by atoms with E-state index in [0.717, 1.165) is 73.1 Å². The number of amides is 1. The van der Waals surface area contributed by atoms with E-state index in [1.807, 2.05) is 36.4 Å². The molecule has 0 unspecified atom stereocenters. The molecule has 180 valence electrons. The van der Waals surface area contributed by atoms with Crippen molar-refractivity contribution in [3.05, 3.63) is 36.4 Å². The lowest BCUT2D eigenvalue weighted by Crippen LogP contribution is -2.33. The topological polar surface area (TPSA) is 88.2 Å². The first-order chi connectivity index (χ1) is 16.7. The third-order valence-corrected chi connectivity index (χ3v) is 8.23. The molecule has 3 N–H and O–H groups in total. The van der Waals surface area contributed by atoms with Crippen LogP contribution in [0, 0.1) is 23.7 Å². The second kappa shape index (κ2) is 9.62. The molecule has 3 heterocycles. The summed E-state index contributed by atoms with van der Waals surface area (Å²) in [6, 6.07) is 13.0. The molecule has 0 spiro atoms. The zero-order valence-electron chi connectivity index (χ0n) is 19.7. The van der Waals surface area contributed by atoms with Crippen LogP contribution in [0.2, 0.25) is 0 Å². The molecule has 2 aliphatic carbocycles. The molecular weight excluding hydrogens is 426 g/mol. The maximum absolute atomic E-state index is 12.1. The molecule has 2 saturated carbocycles. The normalized spacial score (nSPS) is 29.1. The van der Waals surface area contributed by atoms with Crippen LogP contribution in [0.5, 0.6) is 0 Å². The zero-order chi connectivity index (χ0) is 22.9. The number of hydrogen-bond donors (Lipinski definition) is 3. The minimum absolute atomic E-state index is 0.120. The van der Waals surface area contributed by atoms with E-state index in [1.54, 1.807) is 0 Å². The number of aromatic nitrogens is 2. The third kappa shape index (κ3) is 4.96. The van der Waals surface area contributed by atoms with Crippen LogP contribution >= 0.6 is 0 Å². The summed E-state index contributed by atoms with van der Waals surface area (Å²) in [4.78, 5) is 12.1. The molecular formula is C27H35N5O2. The molecule has 4 fully saturated rings. The monoisotopic (exact) mass is 461 g/mol. The molecule has 2 aliphatic heterocycles. The number of carbonyl (C=O) groups excluding carboxylic acids is 1. The summed E-state index contributed by atoms with van der Waals surface area (Å²) in [7, 11) is 0. The van der Waals surface area contributed by atoms with Gasteiger partial charge in [-0.15, -0.1) is 10.2 Å². The second-order valence-corrected chi connectivity index (χ2v) is 10.7. The van der Waals surface area contributed by atoms with Crippen LogP contribution in [0.15, 0.2) is 36.4 Å². The van der Waals surface area contributed by atoms with E-state index in [1.165, 1.54) is 32.1 Å². The minimum Gasteiger partial charge on any atom is -0.381 e. The van der Waals surface area contributed by atoms with Crippen molar-refractivity contribution < 1.29 is 9.53 Å². The van der Waals surface area contributed by atoms with Crippen LogP contribution in [0.1, 0.15) is 44.9 Å². The predicted octanol–water partition coefficient (Wildman–Crippen LogP) is 4.09. The Bertz CT molecular complexity index is 1000. The van der Waals surface area contributed by atoms with Crippen LogP contribution in [0.3, 0.4) is 0 Å². The van der Waals surface area contributed by atoms with E-state index < -0.39 is 0 Å². The number of ether oxygens (including phenoxy) is 1. The van der Waals surface area contributed by atoms with E-state index in [9.17, 15) is 4.79 Å². The molecule has 34 heavy (non-hydrogen) atoms. The van der Waals surface area contributed by atoms with Gasteiger partial charge in [0.2, 0.25) is 5.91 Å². The highest BCUT2D eigenvalue weighted by Crippen LogP contribution is 2.41. The first-order valence-electron chi connectivity index (χ1n) is 13.0. The van der Waals surface area contributed by atoms with Crippen molar-refractivity contribution in [2.24, 2.45) is 23.7 Å². The van der Waals surface area contributed by atoms with Gasteiger partial charge >= 0.3 is 0 Å². The van der Waals surface area contributed by atoms with Crippen molar-refractivity contribution in [3.63, 3.8) is 0 Å². The van der Waals surface area contributed by atoms with Crippen molar-refractivity contribution >= 4 is 17.4 Å². The van der Waals surface area contributed by atoms with E-state index in [0.29, 0.717) is 12.1 Å². The molecule has 0 bridgehead atoms. The molecule has 2 aromatic rings. The van der Waals surface area contributed by atoms with E-state index in [2.05, 4.69) is 26.1 Å². The number of rotatable bonds is 7. The van der Waals surface area contributed by atoms with E-state index in [-0.39, 0.29) is 11.8 Å². The standard InChI is InChI=1S/C27H35N5O2/c33-27(18-4-5-18)30-21-3-1-2-19(13-21)24-6-7-26(32-31-24)29-22-14-20-16-28-25(23(20)15-22)12-17-8-10-34-11-9-17/h1-3,6-7,13,17-18,20,22-23,25,28H,4-5,8-12,14-16H2,(H,29,32)(H,30,33)/t20-,22+,23+,25+/m1/s1. The number of nitrogens with one attached hydrogen (secondary N) is 3. The van der Waals surface area contributed by atoms with E-state index in [4.69, 9.17) is 4.74 Å². The summed E-state index contributed by atoms with van der Waals surface area (Å²) in [6.45, 7) is 3.02. The lowest BCUT2D eigenvalue weighted by atomic mass is 9.85. The summed E-state index contributed by atoms with van der Waals surface area (Å²) >= 11 is 0. The lowest BCUT2D eigenvalue weighted by Gasteiger charge is -2.27. The Morgan fingerprint density at radius 2 is 1.94 bits per heavy atom. The fraction of sp³-hybridized carbons (Fsp3) is 0.593. The highest BCUT2D eigenvalue weighted by atomic mass is 16.5. The summed E-state index contributed by atoms with van der Waals surface area (Å²) in [5, 5.41) is 19.4. The molecule has 4 aliphatic rings. The Hall–Kier alpha value is -2.51. The van der Waals surface area contributed by atoms with Crippen molar-refractivity contribution in [3.8, 4) is 11.3 Å². The molecule has 6 rings (SSSR count). The first kappa shape index (κ1) is 22.0. The predicted molar refractivity (Wildman–Crippen MR) is 132 cm³/mol. The van der Waals surface area contributed by atoms with Crippen molar-refractivity contribution in [1.29, 1.82) is 0 Å². The van der Waals surface area contributed by atoms with Crippen molar-refractivity contribution in [2.75, 3.05) is 30.4 Å². The highest BCUT2D eigenvalue weighted by molar-refractivity contribution is 5.94. The highest BCUT2D eigenvalue weighted by Gasteiger charge is 2.43. The smallest absolute Gasteiger partial charge is 0.227 e. The number of anilines is 2. The number of carbonyl (C=O) groups is 1. The molecule has 1 aromatic heterocycles. The SMILES string of the molecule is O=C(Nc1cccc(-c2ccc(N[C@H]3C[C@@H]4CN[C@@H](CC5CCOCC5)[C@H]4C3)nn2)c1)C1CC1. The van der Waals surface area contributed by atoms with E-state index >= 15 is 0 Å². The van der Waals surface area contributed by atoms with Crippen molar-refractivity contribution in [1.82, 2.24) is 15.5 Å². The van der Waals surface area contributed by atoms with Gasteiger partial charge in [0.15, 0.2) is 0 Å². The van der Waals surface area contributed by atoms with Gasteiger partial charge in [-0.2, -0.15) is 0 Å². The fourth-order valence-corrected chi connectivity index (χ4v) is 6.17. The number of benzene rings is 1. The van der Waals surface area contributed by atoms with Gasteiger partial charge in [-0.1, -0.05) is 12.1 Å². The average molecular weight is 462 g/mol. The zero-order valence-corrected chi connectivity index (χ0v) is 19.7. The summed E-state index contributed by atoms with van der Waals surface area (Å²) < 4.78 is 5.54. The van der Waals surface area contributed by atoms with Crippen molar-refractivity contribution in [2.45, 2.75) is 57.0 Å². The Labute approximate surface area is 201 Å². The Balaban J connectivity index is 1.04. The minimum atomic E-state index is 0.120. The Morgan fingerprint density at radius 3 is 2.74 bits per heavy atom. The lowest BCUT2D eigenvalue weighted by molar-refractivity contribution is -0.117.